The smallest absolute Gasteiger partial charge is 0.321 e. The first-order valence-electron chi connectivity index (χ1n) is 9.26. The molecule has 3 rings (SSSR count). The van der Waals surface area contributed by atoms with Crippen LogP contribution in [0.5, 0.6) is 0 Å². The van der Waals surface area contributed by atoms with Gasteiger partial charge in [-0.05, 0) is 32.3 Å². The number of fused-ring (bicyclic) bond motifs is 1. The molecule has 0 bridgehead atoms. The second-order valence-electron chi connectivity index (χ2n) is 6.81. The number of nitrogens with one attached hydrogen (secondary N) is 2. The number of thiophene rings is 1. The van der Waals surface area contributed by atoms with Crippen molar-refractivity contribution in [1.29, 1.82) is 0 Å². The van der Waals surface area contributed by atoms with Gasteiger partial charge in [0.2, 0.25) is 5.91 Å². The van der Waals surface area contributed by atoms with Gasteiger partial charge < -0.3 is 5.32 Å². The van der Waals surface area contributed by atoms with E-state index in [9.17, 15) is 14.4 Å². The largest absolute Gasteiger partial charge is 0.334 e. The molecular formula is C19H24N4O3S2. The van der Waals surface area contributed by atoms with E-state index in [1.807, 2.05) is 13.8 Å². The highest BCUT2D eigenvalue weighted by atomic mass is 32.2. The fourth-order valence-corrected chi connectivity index (χ4v) is 5.31. The Bertz CT molecular complexity index is 974. The summed E-state index contributed by atoms with van der Waals surface area (Å²) in [4.78, 5) is 43.5. The van der Waals surface area contributed by atoms with Crippen molar-refractivity contribution < 1.29 is 9.59 Å². The highest BCUT2D eigenvalue weighted by Crippen LogP contribution is 2.34. The lowest BCUT2D eigenvalue weighted by Crippen LogP contribution is -2.40. The first-order chi connectivity index (χ1) is 13.4. The molecule has 150 valence electrons. The molecule has 28 heavy (non-hydrogen) atoms. The monoisotopic (exact) mass is 420 g/mol. The van der Waals surface area contributed by atoms with Crippen LogP contribution in [0.1, 0.15) is 42.2 Å². The Balaban J connectivity index is 1.86. The number of urea groups is 1. The van der Waals surface area contributed by atoms with E-state index in [0.717, 1.165) is 36.1 Å². The van der Waals surface area contributed by atoms with Crippen LogP contribution in [0.25, 0.3) is 10.2 Å². The highest BCUT2D eigenvalue weighted by Gasteiger charge is 2.25. The average Bonchev–Trinajstić information content (AvgIpc) is 3.27. The summed E-state index contributed by atoms with van der Waals surface area (Å²) in [6, 6.07) is -0.447. The quantitative estimate of drug-likeness (QED) is 0.425. The molecule has 0 atom stereocenters. The number of carbonyl (C=O) groups is 2. The van der Waals surface area contributed by atoms with Gasteiger partial charge in [0, 0.05) is 17.5 Å². The van der Waals surface area contributed by atoms with E-state index in [4.69, 9.17) is 4.98 Å². The Morgan fingerprint density at radius 3 is 2.75 bits per heavy atom. The zero-order valence-corrected chi connectivity index (χ0v) is 17.7. The minimum Gasteiger partial charge on any atom is -0.334 e. The van der Waals surface area contributed by atoms with Crippen molar-refractivity contribution in [2.75, 3.05) is 12.3 Å². The molecule has 7 nitrogen and oxygen atoms in total. The third kappa shape index (κ3) is 4.30. The average molecular weight is 421 g/mol. The lowest BCUT2D eigenvalue weighted by atomic mass is 10.2. The predicted molar refractivity (Wildman–Crippen MR) is 113 cm³/mol. The summed E-state index contributed by atoms with van der Waals surface area (Å²) >= 11 is 2.70. The molecule has 2 aromatic rings. The molecule has 0 saturated heterocycles. The van der Waals surface area contributed by atoms with E-state index in [1.165, 1.54) is 29.2 Å². The number of hydrogen-bond donors (Lipinski definition) is 2. The molecule has 0 aromatic carbocycles. The summed E-state index contributed by atoms with van der Waals surface area (Å²) in [5, 5.41) is 6.00. The normalized spacial score (nSPS) is 14.4. The van der Waals surface area contributed by atoms with Gasteiger partial charge in [0.05, 0.1) is 11.1 Å². The molecule has 3 amide bonds. The van der Waals surface area contributed by atoms with Crippen LogP contribution in [0.2, 0.25) is 0 Å². The maximum atomic E-state index is 13.3. The van der Waals surface area contributed by atoms with Crippen molar-refractivity contribution in [3.05, 3.63) is 33.4 Å². The minimum absolute atomic E-state index is 0.00944. The molecule has 2 heterocycles. The van der Waals surface area contributed by atoms with Gasteiger partial charge in [0.1, 0.15) is 4.83 Å². The van der Waals surface area contributed by atoms with Crippen LogP contribution in [0.3, 0.4) is 0 Å². The fourth-order valence-electron chi connectivity index (χ4n) is 3.38. The Kier molecular flexibility index (Phi) is 6.56. The molecule has 0 spiro atoms. The molecule has 1 aliphatic carbocycles. The van der Waals surface area contributed by atoms with Gasteiger partial charge in [0.25, 0.3) is 5.56 Å². The van der Waals surface area contributed by atoms with E-state index in [-0.39, 0.29) is 23.9 Å². The first kappa shape index (κ1) is 20.6. The van der Waals surface area contributed by atoms with E-state index in [1.54, 1.807) is 4.57 Å². The second-order valence-corrected chi connectivity index (χ2v) is 8.95. The van der Waals surface area contributed by atoms with Crippen molar-refractivity contribution in [1.82, 2.24) is 20.2 Å². The number of aryl methyl sites for hydroxylation is 2. The van der Waals surface area contributed by atoms with Gasteiger partial charge in [-0.15, -0.1) is 17.9 Å². The fraction of sp³-hybridized carbons (Fsp3) is 0.474. The zero-order chi connectivity index (χ0) is 20.3. The van der Waals surface area contributed by atoms with Gasteiger partial charge in [-0.3, -0.25) is 19.5 Å². The van der Waals surface area contributed by atoms with Crippen LogP contribution in [0.15, 0.2) is 22.6 Å². The molecule has 9 heteroatoms. The van der Waals surface area contributed by atoms with Gasteiger partial charge in [-0.2, -0.15) is 0 Å². The predicted octanol–water partition coefficient (Wildman–Crippen LogP) is 3.29. The van der Waals surface area contributed by atoms with E-state index >= 15 is 0 Å². The molecule has 2 aromatic heterocycles. The summed E-state index contributed by atoms with van der Waals surface area (Å²) in [6.45, 7) is 7.73. The summed E-state index contributed by atoms with van der Waals surface area (Å²) < 4.78 is 1.77. The first-order valence-corrected chi connectivity index (χ1v) is 11.1. The summed E-state index contributed by atoms with van der Waals surface area (Å²) in [5.41, 5.74) is 0.961. The van der Waals surface area contributed by atoms with E-state index in [2.05, 4.69) is 17.2 Å². The van der Waals surface area contributed by atoms with Crippen LogP contribution < -0.4 is 16.2 Å². The third-order valence-electron chi connectivity index (χ3n) is 4.88. The van der Waals surface area contributed by atoms with E-state index < -0.39 is 11.9 Å². The zero-order valence-electron chi connectivity index (χ0n) is 16.0. The van der Waals surface area contributed by atoms with Crippen LogP contribution in [-0.4, -0.2) is 33.8 Å². The Labute approximate surface area is 171 Å². The molecule has 1 saturated carbocycles. The number of hydrogen-bond acceptors (Lipinski definition) is 6. The SMILES string of the molecule is C=CCNC(=O)NC(=O)CSc1nc2sc(C)c(C)c2c(=O)n1C1CCCC1. The lowest BCUT2D eigenvalue weighted by Gasteiger charge is -2.18. The Morgan fingerprint density at radius 2 is 2.07 bits per heavy atom. The lowest BCUT2D eigenvalue weighted by molar-refractivity contribution is -0.117. The number of aromatic nitrogens is 2. The summed E-state index contributed by atoms with van der Waals surface area (Å²) in [6.07, 6.45) is 5.59. The molecule has 0 aliphatic heterocycles. The highest BCUT2D eigenvalue weighted by molar-refractivity contribution is 7.99. The number of thioether (sulfide) groups is 1. The van der Waals surface area contributed by atoms with Crippen molar-refractivity contribution in [3.8, 4) is 0 Å². The van der Waals surface area contributed by atoms with Crippen molar-refractivity contribution >= 4 is 45.3 Å². The number of imide groups is 1. The number of amides is 3. The van der Waals surface area contributed by atoms with Gasteiger partial charge in [-0.25, -0.2) is 9.78 Å². The second kappa shape index (κ2) is 8.91. The molecule has 0 unspecified atom stereocenters. The van der Waals surface area contributed by atoms with Crippen molar-refractivity contribution in [2.45, 2.75) is 50.7 Å². The summed E-state index contributed by atoms with van der Waals surface area (Å²) in [7, 11) is 0. The molecule has 1 fully saturated rings. The van der Waals surface area contributed by atoms with E-state index in [0.29, 0.717) is 15.4 Å². The molecule has 0 radical (unpaired) electrons. The maximum absolute atomic E-state index is 13.3. The topological polar surface area (TPSA) is 93.1 Å². The van der Waals surface area contributed by atoms with Crippen LogP contribution in [0.4, 0.5) is 4.79 Å². The Hall–Kier alpha value is -2.13. The third-order valence-corrected chi connectivity index (χ3v) is 6.94. The number of rotatable bonds is 6. The summed E-state index contributed by atoms with van der Waals surface area (Å²) in [5.74, 6) is -0.424. The van der Waals surface area contributed by atoms with Gasteiger partial charge in [0.15, 0.2) is 5.16 Å². The molecule has 2 N–H and O–H groups in total. The van der Waals surface area contributed by atoms with Crippen molar-refractivity contribution in [2.24, 2.45) is 0 Å². The van der Waals surface area contributed by atoms with Crippen LogP contribution >= 0.6 is 23.1 Å². The molecule has 1 aliphatic rings. The van der Waals surface area contributed by atoms with Gasteiger partial charge in [-0.1, -0.05) is 30.7 Å². The van der Waals surface area contributed by atoms with Crippen LogP contribution in [0, 0.1) is 13.8 Å². The van der Waals surface area contributed by atoms with Gasteiger partial charge >= 0.3 is 6.03 Å². The number of nitrogens with zero attached hydrogens (tertiary/aromatic N) is 2. The minimum atomic E-state index is -0.563. The standard InChI is InChI=1S/C19H24N4O3S2/c1-4-9-20-18(26)21-14(24)10-27-19-22-16-15(11(2)12(3)28-16)17(25)23(19)13-7-5-6-8-13/h4,13H,1,5-10H2,2-3H3,(H2,20,21,24,26). The Morgan fingerprint density at radius 1 is 1.36 bits per heavy atom. The maximum Gasteiger partial charge on any atom is 0.321 e. The van der Waals surface area contributed by atoms with Crippen molar-refractivity contribution in [3.63, 3.8) is 0 Å². The number of carbonyl (C=O) groups excluding carboxylic acids is 2. The van der Waals surface area contributed by atoms with Crippen LogP contribution in [-0.2, 0) is 4.79 Å². The molecular weight excluding hydrogens is 396 g/mol.